The van der Waals surface area contributed by atoms with Crippen LogP contribution in [0.2, 0.25) is 0 Å². The van der Waals surface area contributed by atoms with Gasteiger partial charge in [-0.05, 0) is 56.5 Å². The number of carbonyl (C=O) groups excluding carboxylic acids is 1. The second-order valence-electron chi connectivity index (χ2n) is 8.92. The normalized spacial score (nSPS) is 15.1. The van der Waals surface area contributed by atoms with Crippen molar-refractivity contribution >= 4 is 5.91 Å². The number of carbonyl (C=O) groups is 1. The predicted octanol–water partition coefficient (Wildman–Crippen LogP) is 4.99. The third kappa shape index (κ3) is 5.25. The standard InChI is InChI=1S/C27H37NO6/c1-17(2)28(20-10-8-7-9-11-20)27(30)18-12-13-21(22(14-18)31-3)25(29)19-15-23(32-4)26(34-6)24(16-19)33-5/h12-17,20,25,29H,7-11H2,1-6H3. The second-order valence-corrected chi connectivity index (χ2v) is 8.92. The molecule has 1 amide bonds. The highest BCUT2D eigenvalue weighted by molar-refractivity contribution is 5.95. The maximum absolute atomic E-state index is 13.5. The fourth-order valence-electron chi connectivity index (χ4n) is 4.84. The van der Waals surface area contributed by atoms with Crippen LogP contribution in [0.1, 0.15) is 73.5 Å². The zero-order valence-electron chi connectivity index (χ0n) is 21.1. The minimum Gasteiger partial charge on any atom is -0.496 e. The number of aliphatic hydroxyl groups is 1. The molecular formula is C27H37NO6. The van der Waals surface area contributed by atoms with Crippen molar-refractivity contribution in [3.05, 3.63) is 47.0 Å². The van der Waals surface area contributed by atoms with Crippen LogP contribution in [0.15, 0.2) is 30.3 Å². The molecular weight excluding hydrogens is 434 g/mol. The van der Waals surface area contributed by atoms with E-state index < -0.39 is 6.10 Å². The Morgan fingerprint density at radius 1 is 0.882 bits per heavy atom. The first-order valence-electron chi connectivity index (χ1n) is 11.8. The predicted molar refractivity (Wildman–Crippen MR) is 131 cm³/mol. The van der Waals surface area contributed by atoms with E-state index in [1.165, 1.54) is 34.9 Å². The summed E-state index contributed by atoms with van der Waals surface area (Å²) in [7, 11) is 6.13. The van der Waals surface area contributed by atoms with Crippen LogP contribution in [0.3, 0.4) is 0 Å². The Bertz CT molecular complexity index is 958. The molecule has 34 heavy (non-hydrogen) atoms. The first-order valence-corrected chi connectivity index (χ1v) is 11.8. The van der Waals surface area contributed by atoms with Gasteiger partial charge in [0.1, 0.15) is 11.9 Å². The number of nitrogens with zero attached hydrogens (tertiary/aromatic N) is 1. The number of ether oxygens (including phenoxy) is 4. The molecule has 1 saturated carbocycles. The Hall–Kier alpha value is -2.93. The molecule has 0 radical (unpaired) electrons. The van der Waals surface area contributed by atoms with Gasteiger partial charge < -0.3 is 29.0 Å². The lowest BCUT2D eigenvalue weighted by atomic mass is 9.92. The fraction of sp³-hybridized carbons (Fsp3) is 0.519. The van der Waals surface area contributed by atoms with Gasteiger partial charge in [-0.2, -0.15) is 0 Å². The third-order valence-electron chi connectivity index (χ3n) is 6.54. The highest BCUT2D eigenvalue weighted by Gasteiger charge is 2.29. The van der Waals surface area contributed by atoms with Gasteiger partial charge in [-0.15, -0.1) is 0 Å². The van der Waals surface area contributed by atoms with E-state index in [1.807, 2.05) is 4.90 Å². The molecule has 1 aliphatic carbocycles. The van der Waals surface area contributed by atoms with Crippen LogP contribution in [-0.4, -0.2) is 56.4 Å². The molecule has 0 aromatic heterocycles. The van der Waals surface area contributed by atoms with Crippen molar-refractivity contribution in [3.8, 4) is 23.0 Å². The van der Waals surface area contributed by atoms with E-state index in [-0.39, 0.29) is 18.0 Å². The number of rotatable bonds is 9. The van der Waals surface area contributed by atoms with Crippen LogP contribution in [0.5, 0.6) is 23.0 Å². The van der Waals surface area contributed by atoms with Crippen molar-refractivity contribution < 1.29 is 28.8 Å². The van der Waals surface area contributed by atoms with Crippen LogP contribution < -0.4 is 18.9 Å². The quantitative estimate of drug-likeness (QED) is 0.555. The van der Waals surface area contributed by atoms with Crippen molar-refractivity contribution in [1.82, 2.24) is 4.90 Å². The molecule has 0 aliphatic heterocycles. The van der Waals surface area contributed by atoms with Gasteiger partial charge in [-0.1, -0.05) is 25.3 Å². The first-order chi connectivity index (χ1) is 16.4. The third-order valence-corrected chi connectivity index (χ3v) is 6.54. The molecule has 1 atom stereocenters. The maximum atomic E-state index is 13.5. The Balaban J connectivity index is 1.95. The summed E-state index contributed by atoms with van der Waals surface area (Å²) in [6, 6.07) is 9.00. The Morgan fingerprint density at radius 3 is 1.97 bits per heavy atom. The summed E-state index contributed by atoms with van der Waals surface area (Å²) in [5, 5.41) is 11.2. The first kappa shape index (κ1) is 25.7. The zero-order chi connectivity index (χ0) is 24.8. The summed E-state index contributed by atoms with van der Waals surface area (Å²) < 4.78 is 21.8. The number of aliphatic hydroxyl groups excluding tert-OH is 1. The van der Waals surface area contributed by atoms with Gasteiger partial charge in [0.25, 0.3) is 5.91 Å². The largest absolute Gasteiger partial charge is 0.496 e. The van der Waals surface area contributed by atoms with E-state index in [2.05, 4.69) is 13.8 Å². The molecule has 0 heterocycles. The van der Waals surface area contributed by atoms with E-state index in [4.69, 9.17) is 18.9 Å². The molecule has 0 saturated heterocycles. The topological polar surface area (TPSA) is 77.5 Å². The summed E-state index contributed by atoms with van der Waals surface area (Å²) in [6.45, 7) is 4.12. The molecule has 3 rings (SSSR count). The summed E-state index contributed by atoms with van der Waals surface area (Å²) in [5.74, 6) is 1.78. The van der Waals surface area contributed by atoms with E-state index in [0.717, 1.165) is 25.7 Å². The molecule has 1 aliphatic rings. The summed E-state index contributed by atoms with van der Waals surface area (Å²) in [4.78, 5) is 15.5. The van der Waals surface area contributed by atoms with Crippen LogP contribution in [-0.2, 0) is 0 Å². The van der Waals surface area contributed by atoms with Gasteiger partial charge in [0, 0.05) is 23.2 Å². The molecule has 2 aromatic carbocycles. The molecule has 0 spiro atoms. The van der Waals surface area contributed by atoms with Crippen LogP contribution in [0.4, 0.5) is 0 Å². The number of amides is 1. The van der Waals surface area contributed by atoms with E-state index in [0.29, 0.717) is 39.7 Å². The molecule has 1 unspecified atom stereocenters. The van der Waals surface area contributed by atoms with Crippen molar-refractivity contribution in [2.24, 2.45) is 0 Å². The summed E-state index contributed by atoms with van der Waals surface area (Å²) in [5.41, 5.74) is 1.65. The fourth-order valence-corrected chi connectivity index (χ4v) is 4.84. The number of benzene rings is 2. The minimum absolute atomic E-state index is 0.00553. The van der Waals surface area contributed by atoms with Gasteiger partial charge >= 0.3 is 0 Å². The zero-order valence-corrected chi connectivity index (χ0v) is 21.1. The highest BCUT2D eigenvalue weighted by atomic mass is 16.5. The molecule has 0 bridgehead atoms. The van der Waals surface area contributed by atoms with Gasteiger partial charge in [0.05, 0.1) is 28.4 Å². The van der Waals surface area contributed by atoms with E-state index >= 15 is 0 Å². The van der Waals surface area contributed by atoms with Crippen LogP contribution in [0.25, 0.3) is 0 Å². The van der Waals surface area contributed by atoms with Crippen LogP contribution in [0, 0.1) is 0 Å². The van der Waals surface area contributed by atoms with Gasteiger partial charge in [0.2, 0.25) is 5.75 Å². The molecule has 1 N–H and O–H groups in total. The lowest BCUT2D eigenvalue weighted by Crippen LogP contribution is -2.45. The number of methoxy groups -OCH3 is 4. The lowest BCUT2D eigenvalue weighted by molar-refractivity contribution is 0.0555. The molecule has 2 aromatic rings. The second kappa shape index (κ2) is 11.5. The van der Waals surface area contributed by atoms with Gasteiger partial charge in [-0.25, -0.2) is 0 Å². The molecule has 1 fully saturated rings. The van der Waals surface area contributed by atoms with E-state index in [1.54, 1.807) is 30.3 Å². The Labute approximate surface area is 202 Å². The van der Waals surface area contributed by atoms with Crippen molar-refractivity contribution in [2.45, 2.75) is 64.1 Å². The number of hydrogen-bond acceptors (Lipinski definition) is 6. The van der Waals surface area contributed by atoms with E-state index in [9.17, 15) is 9.90 Å². The molecule has 7 nitrogen and oxygen atoms in total. The average molecular weight is 472 g/mol. The Kier molecular flexibility index (Phi) is 8.67. The Morgan fingerprint density at radius 2 is 1.47 bits per heavy atom. The van der Waals surface area contributed by atoms with Crippen LogP contribution >= 0.6 is 0 Å². The summed E-state index contributed by atoms with van der Waals surface area (Å²) in [6.07, 6.45) is 4.61. The minimum atomic E-state index is -1.02. The van der Waals surface area contributed by atoms with Crippen molar-refractivity contribution in [1.29, 1.82) is 0 Å². The smallest absolute Gasteiger partial charge is 0.254 e. The number of hydrogen-bond donors (Lipinski definition) is 1. The maximum Gasteiger partial charge on any atom is 0.254 e. The highest BCUT2D eigenvalue weighted by Crippen LogP contribution is 2.42. The average Bonchev–Trinajstić information content (AvgIpc) is 2.87. The van der Waals surface area contributed by atoms with Crippen molar-refractivity contribution in [3.63, 3.8) is 0 Å². The van der Waals surface area contributed by atoms with Crippen molar-refractivity contribution in [2.75, 3.05) is 28.4 Å². The molecule has 7 heteroatoms. The molecule has 186 valence electrons. The summed E-state index contributed by atoms with van der Waals surface area (Å²) >= 11 is 0. The van der Waals surface area contributed by atoms with Gasteiger partial charge in [0.15, 0.2) is 11.5 Å². The van der Waals surface area contributed by atoms with Gasteiger partial charge in [-0.3, -0.25) is 4.79 Å². The SMILES string of the molecule is COc1cc(C(=O)N(C(C)C)C2CCCCC2)ccc1C(O)c1cc(OC)c(OC)c(OC)c1. The lowest BCUT2D eigenvalue weighted by Gasteiger charge is -2.37. The monoisotopic (exact) mass is 471 g/mol.